The van der Waals surface area contributed by atoms with Crippen LogP contribution in [0.25, 0.3) is 0 Å². The second kappa shape index (κ2) is 7.19. The molecule has 1 aliphatic rings. The summed E-state index contributed by atoms with van der Waals surface area (Å²) in [7, 11) is -2.25. The zero-order chi connectivity index (χ0) is 15.5. The molecule has 0 amide bonds. The number of hydrogen-bond acceptors (Lipinski definition) is 5. The van der Waals surface area contributed by atoms with Gasteiger partial charge in [-0.2, -0.15) is 11.8 Å². The molecule has 3 N–H and O–H groups in total. The van der Waals surface area contributed by atoms with Gasteiger partial charge in [0.2, 0.25) is 10.0 Å². The van der Waals surface area contributed by atoms with Gasteiger partial charge in [0.05, 0.1) is 7.11 Å². The Hall–Kier alpha value is -0.470. The van der Waals surface area contributed by atoms with Crippen LogP contribution in [-0.4, -0.2) is 33.1 Å². The van der Waals surface area contributed by atoms with Crippen molar-refractivity contribution in [2.75, 3.05) is 18.6 Å². The van der Waals surface area contributed by atoms with Gasteiger partial charge in [-0.25, -0.2) is 13.1 Å². The Morgan fingerprint density at radius 3 is 2.67 bits per heavy atom. The number of benzene rings is 1. The zero-order valence-corrected chi connectivity index (χ0v) is 14.2. The lowest BCUT2D eigenvalue weighted by Gasteiger charge is -2.23. The highest BCUT2D eigenvalue weighted by molar-refractivity contribution is 7.99. The van der Waals surface area contributed by atoms with Gasteiger partial charge in [0.25, 0.3) is 0 Å². The maximum absolute atomic E-state index is 12.6. The van der Waals surface area contributed by atoms with Gasteiger partial charge in [-0.05, 0) is 36.5 Å². The minimum atomic E-state index is -3.68. The van der Waals surface area contributed by atoms with E-state index in [0.29, 0.717) is 10.6 Å². The smallest absolute Gasteiger partial charge is 0.244 e. The van der Waals surface area contributed by atoms with Crippen LogP contribution in [0, 0.1) is 0 Å². The van der Waals surface area contributed by atoms with E-state index in [1.165, 1.54) is 13.2 Å². The maximum atomic E-state index is 12.6. The molecule has 0 aliphatic carbocycles. The minimum Gasteiger partial charge on any atom is -0.495 e. The largest absolute Gasteiger partial charge is 0.495 e. The normalized spacial score (nSPS) is 16.9. The maximum Gasteiger partial charge on any atom is 0.244 e. The molecule has 0 radical (unpaired) electrons. The van der Waals surface area contributed by atoms with E-state index in [1.54, 1.807) is 6.07 Å². The molecule has 0 atom stereocenters. The lowest BCUT2D eigenvalue weighted by atomic mass is 10.2. The van der Waals surface area contributed by atoms with Crippen LogP contribution in [0.3, 0.4) is 0 Å². The summed E-state index contributed by atoms with van der Waals surface area (Å²) in [6, 6.07) is 2.98. The first kappa shape index (κ1) is 16.9. The molecule has 1 fully saturated rings. The molecule has 2 rings (SSSR count). The van der Waals surface area contributed by atoms with Gasteiger partial charge < -0.3 is 10.5 Å². The Balaban J connectivity index is 2.36. The average molecular weight is 351 g/mol. The average Bonchev–Trinajstić information content (AvgIpc) is 2.46. The molecule has 1 aliphatic heterocycles. The molecule has 0 unspecified atom stereocenters. The van der Waals surface area contributed by atoms with Crippen LogP contribution < -0.4 is 15.2 Å². The quantitative estimate of drug-likeness (QED) is 0.848. The number of thioether (sulfide) groups is 1. The molecule has 1 aromatic rings. The zero-order valence-electron chi connectivity index (χ0n) is 11.8. The van der Waals surface area contributed by atoms with Crippen LogP contribution in [0.4, 0.5) is 0 Å². The van der Waals surface area contributed by atoms with Crippen molar-refractivity contribution in [3.05, 3.63) is 22.7 Å². The number of sulfonamides is 1. The molecule has 118 valence electrons. The van der Waals surface area contributed by atoms with Crippen LogP contribution in [0.5, 0.6) is 5.75 Å². The Morgan fingerprint density at radius 1 is 1.43 bits per heavy atom. The summed E-state index contributed by atoms with van der Waals surface area (Å²) in [6.45, 7) is 0.159. The number of nitrogens with two attached hydrogens (primary N) is 1. The van der Waals surface area contributed by atoms with Gasteiger partial charge in [0.15, 0.2) is 0 Å². The molecule has 5 nitrogen and oxygen atoms in total. The fourth-order valence-electron chi connectivity index (χ4n) is 2.30. The fourth-order valence-corrected chi connectivity index (χ4v) is 5.26. The third kappa shape index (κ3) is 4.04. The van der Waals surface area contributed by atoms with E-state index in [0.717, 1.165) is 24.3 Å². The number of methoxy groups -OCH3 is 1. The Kier molecular flexibility index (Phi) is 5.79. The van der Waals surface area contributed by atoms with Crippen LogP contribution in [0.15, 0.2) is 17.0 Å². The molecular formula is C13H19ClN2O3S2. The molecule has 0 saturated carbocycles. The van der Waals surface area contributed by atoms with Crippen LogP contribution in [0.1, 0.15) is 18.4 Å². The van der Waals surface area contributed by atoms with Crippen molar-refractivity contribution in [3.63, 3.8) is 0 Å². The van der Waals surface area contributed by atoms with E-state index in [4.69, 9.17) is 22.1 Å². The third-order valence-electron chi connectivity index (χ3n) is 3.35. The summed E-state index contributed by atoms with van der Waals surface area (Å²) in [6.07, 6.45) is 1.66. The Morgan fingerprint density at radius 2 is 2.10 bits per heavy atom. The third-order valence-corrected chi connectivity index (χ3v) is 6.15. The van der Waals surface area contributed by atoms with Crippen LogP contribution >= 0.6 is 23.4 Å². The lowest BCUT2D eigenvalue weighted by Crippen LogP contribution is -2.37. The van der Waals surface area contributed by atoms with Crippen molar-refractivity contribution >= 4 is 33.4 Å². The molecule has 1 heterocycles. The monoisotopic (exact) mass is 350 g/mol. The second-order valence-corrected chi connectivity index (χ2v) is 8.15. The summed E-state index contributed by atoms with van der Waals surface area (Å²) in [5.74, 6) is 2.20. The van der Waals surface area contributed by atoms with E-state index in [2.05, 4.69) is 4.72 Å². The topological polar surface area (TPSA) is 81.4 Å². The van der Waals surface area contributed by atoms with Crippen molar-refractivity contribution in [2.45, 2.75) is 30.3 Å². The molecule has 0 bridgehead atoms. The summed E-state index contributed by atoms with van der Waals surface area (Å²) in [5.41, 5.74) is 6.21. The van der Waals surface area contributed by atoms with E-state index >= 15 is 0 Å². The minimum absolute atomic E-state index is 0.0405. The summed E-state index contributed by atoms with van der Waals surface area (Å²) in [4.78, 5) is 0.0520. The van der Waals surface area contributed by atoms with Gasteiger partial charge in [0, 0.05) is 23.2 Å². The lowest BCUT2D eigenvalue weighted by molar-refractivity contribution is 0.396. The van der Waals surface area contributed by atoms with Crippen molar-refractivity contribution in [3.8, 4) is 5.75 Å². The number of ether oxygens (including phenoxy) is 1. The standard InChI is InChI=1S/C13H19ClN2O3S2/c1-19-13-9(8-15)6-10(14)7-12(13)21(17,18)16-11-2-4-20-5-3-11/h6-7,11,16H,2-5,8,15H2,1H3. The van der Waals surface area contributed by atoms with Gasteiger partial charge in [-0.1, -0.05) is 11.6 Å². The van der Waals surface area contributed by atoms with Crippen molar-refractivity contribution in [1.29, 1.82) is 0 Å². The number of nitrogens with one attached hydrogen (secondary N) is 1. The van der Waals surface area contributed by atoms with Crippen LogP contribution in [-0.2, 0) is 16.6 Å². The molecule has 21 heavy (non-hydrogen) atoms. The number of halogens is 1. The highest BCUT2D eigenvalue weighted by atomic mass is 35.5. The summed E-state index contributed by atoms with van der Waals surface area (Å²) in [5, 5.41) is 0.329. The number of hydrogen-bond donors (Lipinski definition) is 2. The molecular weight excluding hydrogens is 332 g/mol. The summed E-state index contributed by atoms with van der Waals surface area (Å²) >= 11 is 7.84. The number of rotatable bonds is 5. The van der Waals surface area contributed by atoms with E-state index in [1.807, 2.05) is 11.8 Å². The van der Waals surface area contributed by atoms with Crippen molar-refractivity contribution in [1.82, 2.24) is 4.72 Å². The van der Waals surface area contributed by atoms with Crippen molar-refractivity contribution < 1.29 is 13.2 Å². The van der Waals surface area contributed by atoms with Gasteiger partial charge in [-0.3, -0.25) is 0 Å². The van der Waals surface area contributed by atoms with Gasteiger partial charge in [0.1, 0.15) is 10.6 Å². The van der Waals surface area contributed by atoms with E-state index in [9.17, 15) is 8.42 Å². The van der Waals surface area contributed by atoms with Crippen LogP contribution in [0.2, 0.25) is 5.02 Å². The SMILES string of the molecule is COc1c(CN)cc(Cl)cc1S(=O)(=O)NC1CCSCC1. The predicted molar refractivity (Wildman–Crippen MR) is 86.6 cm³/mol. The predicted octanol–water partition coefficient (Wildman–Crippen LogP) is 1.98. The summed E-state index contributed by atoms with van der Waals surface area (Å²) < 4.78 is 33.2. The Labute approximate surface area is 134 Å². The highest BCUT2D eigenvalue weighted by Gasteiger charge is 2.26. The highest BCUT2D eigenvalue weighted by Crippen LogP contribution is 2.32. The van der Waals surface area contributed by atoms with Crippen molar-refractivity contribution in [2.24, 2.45) is 5.73 Å². The molecule has 8 heteroatoms. The molecule has 0 aromatic heterocycles. The first-order valence-electron chi connectivity index (χ1n) is 6.64. The van der Waals surface area contributed by atoms with Gasteiger partial charge in [-0.15, -0.1) is 0 Å². The first-order valence-corrected chi connectivity index (χ1v) is 9.66. The fraction of sp³-hybridized carbons (Fsp3) is 0.538. The molecule has 1 aromatic carbocycles. The second-order valence-electron chi connectivity index (χ2n) is 4.81. The van der Waals surface area contributed by atoms with E-state index < -0.39 is 10.0 Å². The molecule has 0 spiro atoms. The van der Waals surface area contributed by atoms with Gasteiger partial charge >= 0.3 is 0 Å². The first-order chi connectivity index (χ1) is 9.97. The molecule has 1 saturated heterocycles. The van der Waals surface area contributed by atoms with E-state index in [-0.39, 0.29) is 23.2 Å². The Bertz CT molecular complexity index is 602.